The molecule has 6 rings (SSSR count). The maximum absolute atomic E-state index is 14.0. The minimum absolute atomic E-state index is 0.00742. The summed E-state index contributed by atoms with van der Waals surface area (Å²) in [6.45, 7) is 0.516. The Hall–Kier alpha value is -3.49. The largest absolute Gasteiger partial charge is 0.297 e. The lowest BCUT2D eigenvalue weighted by atomic mass is 9.92. The molecule has 156 valence electrons. The lowest BCUT2D eigenvalue weighted by Crippen LogP contribution is -2.47. The first-order chi connectivity index (χ1) is 15.8. The third kappa shape index (κ3) is 2.95. The summed E-state index contributed by atoms with van der Waals surface area (Å²) in [5.74, 6) is 6.47. The molecule has 0 saturated heterocycles. The number of thioether (sulfide) groups is 1. The van der Waals surface area contributed by atoms with Crippen molar-refractivity contribution in [3.05, 3.63) is 100 Å². The molecular formula is C27H21N3OS. The zero-order valence-electron chi connectivity index (χ0n) is 17.5. The number of nitrogens with zero attached hydrogens (tertiary/aromatic N) is 2. The highest BCUT2D eigenvalue weighted by molar-refractivity contribution is 8.16. The van der Waals surface area contributed by atoms with Crippen LogP contribution in [-0.2, 0) is 17.8 Å². The van der Waals surface area contributed by atoms with Gasteiger partial charge in [-0.1, -0.05) is 90.5 Å². The summed E-state index contributed by atoms with van der Waals surface area (Å²) in [5.41, 5.74) is 9.66. The Bertz CT molecular complexity index is 1310. The first-order valence-electron chi connectivity index (χ1n) is 10.8. The summed E-state index contributed by atoms with van der Waals surface area (Å²) in [6, 6.07) is 16.4. The average molecular weight is 436 g/mol. The predicted octanol–water partition coefficient (Wildman–Crippen LogP) is 4.60. The molecule has 4 aliphatic rings. The molecule has 1 amide bonds. The third-order valence-corrected chi connectivity index (χ3v) is 7.56. The van der Waals surface area contributed by atoms with Gasteiger partial charge < -0.3 is 0 Å². The van der Waals surface area contributed by atoms with Crippen LogP contribution >= 0.6 is 11.8 Å². The molecule has 4 nitrogen and oxygen atoms in total. The maximum Gasteiger partial charge on any atom is 0.270 e. The van der Waals surface area contributed by atoms with E-state index in [1.165, 1.54) is 28.5 Å². The Morgan fingerprint density at radius 1 is 1.09 bits per heavy atom. The fraction of sp³-hybridized carbons (Fsp3) is 0.185. The van der Waals surface area contributed by atoms with E-state index in [1.54, 1.807) is 0 Å². The van der Waals surface area contributed by atoms with E-state index in [0.717, 1.165) is 34.7 Å². The fourth-order valence-electron chi connectivity index (χ4n) is 4.67. The van der Waals surface area contributed by atoms with Crippen molar-refractivity contribution < 1.29 is 4.79 Å². The minimum atomic E-state index is -0.967. The normalized spacial score (nSPS) is 22.8. The summed E-state index contributed by atoms with van der Waals surface area (Å²) in [7, 11) is 0. The van der Waals surface area contributed by atoms with Gasteiger partial charge in [-0.3, -0.25) is 15.1 Å². The van der Waals surface area contributed by atoms with Crippen molar-refractivity contribution in [1.82, 2.24) is 10.3 Å². The zero-order chi connectivity index (χ0) is 21.5. The SMILES string of the molecule is O=C1N(Cc2cccc3c2CCC=C3)C2=C(C=CCC#C2)C12NN=C(c1ccccc1)S2. The van der Waals surface area contributed by atoms with Gasteiger partial charge in [-0.05, 0) is 35.5 Å². The summed E-state index contributed by atoms with van der Waals surface area (Å²) in [5, 5.41) is 5.40. The Labute approximate surface area is 191 Å². The van der Waals surface area contributed by atoms with Crippen LogP contribution < -0.4 is 5.43 Å². The lowest BCUT2D eigenvalue weighted by Gasteiger charge is -2.25. The molecule has 2 aliphatic heterocycles. The minimum Gasteiger partial charge on any atom is -0.297 e. The summed E-state index contributed by atoms with van der Waals surface area (Å²) >= 11 is 1.48. The number of rotatable bonds is 3. The van der Waals surface area contributed by atoms with Gasteiger partial charge in [0.05, 0.1) is 6.54 Å². The number of hydrogen-bond acceptors (Lipinski definition) is 4. The Morgan fingerprint density at radius 3 is 2.91 bits per heavy atom. The van der Waals surface area contributed by atoms with Crippen molar-refractivity contribution in [1.29, 1.82) is 0 Å². The van der Waals surface area contributed by atoms with Crippen LogP contribution in [0.4, 0.5) is 0 Å². The third-order valence-electron chi connectivity index (χ3n) is 6.24. The van der Waals surface area contributed by atoms with E-state index in [1.807, 2.05) is 47.4 Å². The summed E-state index contributed by atoms with van der Waals surface area (Å²) in [6.07, 6.45) is 11.2. The van der Waals surface area contributed by atoms with Gasteiger partial charge >= 0.3 is 0 Å². The molecule has 32 heavy (non-hydrogen) atoms. The monoisotopic (exact) mass is 435 g/mol. The number of fused-ring (bicyclic) bond motifs is 2. The zero-order valence-corrected chi connectivity index (χ0v) is 18.3. The molecule has 0 saturated carbocycles. The molecule has 0 radical (unpaired) electrons. The highest BCUT2D eigenvalue weighted by Gasteiger charge is 2.56. The molecule has 1 spiro atoms. The Balaban J connectivity index is 1.39. The molecule has 1 unspecified atom stereocenters. The van der Waals surface area contributed by atoms with E-state index in [9.17, 15) is 4.79 Å². The lowest BCUT2D eigenvalue weighted by molar-refractivity contribution is -0.130. The number of hydrogen-bond donors (Lipinski definition) is 1. The van der Waals surface area contributed by atoms with Crippen LogP contribution in [0, 0.1) is 11.8 Å². The first-order valence-corrected chi connectivity index (χ1v) is 11.7. The van der Waals surface area contributed by atoms with Gasteiger partial charge in [-0.2, -0.15) is 5.10 Å². The molecule has 2 aliphatic carbocycles. The van der Waals surface area contributed by atoms with E-state index >= 15 is 0 Å². The van der Waals surface area contributed by atoms with Crippen LogP contribution in [0.15, 0.2) is 83.1 Å². The molecule has 5 heteroatoms. The second kappa shape index (κ2) is 7.58. The van der Waals surface area contributed by atoms with Crippen LogP contribution in [0.2, 0.25) is 0 Å². The standard InChI is InChI=1S/C27H21N3OS/c31-26-27(29-28-25(32-27)20-11-3-1-4-12-20)23-16-5-2-6-17-24(23)30(26)18-21-14-9-13-19-10-7-8-15-22(19)21/h1,3-5,7,9-14,16,29H,2,8,15,18H2. The van der Waals surface area contributed by atoms with Gasteiger partial charge in [0.2, 0.25) is 4.87 Å². The van der Waals surface area contributed by atoms with Gasteiger partial charge in [-0.25, -0.2) is 0 Å². The molecule has 1 N–H and O–H groups in total. The number of carbonyl (C=O) groups excluding carboxylic acids is 1. The molecular weight excluding hydrogens is 414 g/mol. The van der Waals surface area contributed by atoms with E-state index in [-0.39, 0.29) is 5.91 Å². The van der Waals surface area contributed by atoms with E-state index < -0.39 is 4.87 Å². The molecule has 0 aromatic heterocycles. The smallest absolute Gasteiger partial charge is 0.270 e. The second-order valence-electron chi connectivity index (χ2n) is 8.17. The number of amides is 1. The van der Waals surface area contributed by atoms with Crippen molar-refractivity contribution in [3.63, 3.8) is 0 Å². The topological polar surface area (TPSA) is 44.7 Å². The predicted molar refractivity (Wildman–Crippen MR) is 129 cm³/mol. The molecule has 2 heterocycles. The quantitative estimate of drug-likeness (QED) is 0.717. The number of allylic oxidation sites excluding steroid dienone is 3. The van der Waals surface area contributed by atoms with Crippen LogP contribution in [0.25, 0.3) is 6.08 Å². The van der Waals surface area contributed by atoms with E-state index in [4.69, 9.17) is 0 Å². The highest BCUT2D eigenvalue weighted by Crippen LogP contribution is 2.47. The van der Waals surface area contributed by atoms with Crippen LogP contribution in [-0.4, -0.2) is 20.7 Å². The van der Waals surface area contributed by atoms with E-state index in [0.29, 0.717) is 13.0 Å². The summed E-state index contributed by atoms with van der Waals surface area (Å²) < 4.78 is 0. The second-order valence-corrected chi connectivity index (χ2v) is 9.37. The van der Waals surface area contributed by atoms with Gasteiger partial charge in [0, 0.05) is 17.6 Å². The van der Waals surface area contributed by atoms with Crippen molar-refractivity contribution in [3.8, 4) is 11.8 Å². The molecule has 2 aromatic rings. The van der Waals surface area contributed by atoms with Crippen molar-refractivity contribution in [2.75, 3.05) is 0 Å². The number of benzene rings is 2. The first kappa shape index (κ1) is 19.2. The van der Waals surface area contributed by atoms with Crippen molar-refractivity contribution in [2.45, 2.75) is 30.7 Å². The van der Waals surface area contributed by atoms with Crippen LogP contribution in [0.1, 0.15) is 35.1 Å². The molecule has 0 fully saturated rings. The Kier molecular flexibility index (Phi) is 4.55. The van der Waals surface area contributed by atoms with Gasteiger partial charge in [0.25, 0.3) is 5.91 Å². The van der Waals surface area contributed by atoms with Gasteiger partial charge in [0.15, 0.2) is 0 Å². The van der Waals surface area contributed by atoms with Gasteiger partial charge in [-0.15, -0.1) is 0 Å². The Morgan fingerprint density at radius 2 is 2.00 bits per heavy atom. The van der Waals surface area contributed by atoms with Crippen molar-refractivity contribution >= 4 is 28.8 Å². The molecule has 1 atom stereocenters. The van der Waals surface area contributed by atoms with Gasteiger partial charge in [0.1, 0.15) is 10.7 Å². The number of hydrazone groups is 1. The fourth-order valence-corrected chi connectivity index (χ4v) is 5.87. The van der Waals surface area contributed by atoms with E-state index in [2.05, 4.69) is 52.7 Å². The number of nitrogens with one attached hydrogen (secondary N) is 1. The molecule has 2 aromatic carbocycles. The molecule has 0 bridgehead atoms. The maximum atomic E-state index is 14.0. The highest BCUT2D eigenvalue weighted by atomic mass is 32.2. The van der Waals surface area contributed by atoms with Crippen molar-refractivity contribution in [2.24, 2.45) is 5.10 Å². The van der Waals surface area contributed by atoms with Crippen LogP contribution in [0.5, 0.6) is 0 Å². The van der Waals surface area contributed by atoms with Crippen LogP contribution in [0.3, 0.4) is 0 Å². The average Bonchev–Trinajstić information content (AvgIpc) is 3.25. The summed E-state index contributed by atoms with van der Waals surface area (Å²) in [4.78, 5) is 14.9. The number of carbonyl (C=O) groups is 1.